The number of pyridine rings is 1. The summed E-state index contributed by atoms with van der Waals surface area (Å²) in [6.07, 6.45) is 1.33. The van der Waals surface area contributed by atoms with Gasteiger partial charge in [-0.25, -0.2) is 8.78 Å². The van der Waals surface area contributed by atoms with Crippen molar-refractivity contribution in [2.24, 2.45) is 5.73 Å². The number of hydrogen-bond donors (Lipinski definition) is 1. The molecule has 1 atom stereocenters. The number of aromatic nitrogens is 1. The van der Waals surface area contributed by atoms with Crippen molar-refractivity contribution in [1.82, 2.24) is 4.98 Å². The summed E-state index contributed by atoms with van der Waals surface area (Å²) in [6.45, 7) is 1.73. The van der Waals surface area contributed by atoms with Gasteiger partial charge < -0.3 is 10.5 Å². The average molecular weight is 278 g/mol. The zero-order valence-corrected chi connectivity index (χ0v) is 11.4. The topological polar surface area (TPSA) is 48.1 Å². The Hall–Kier alpha value is -2.01. The van der Waals surface area contributed by atoms with Gasteiger partial charge in [0.1, 0.15) is 5.82 Å². The number of nitrogens with two attached hydrogens (primary N) is 1. The van der Waals surface area contributed by atoms with Crippen LogP contribution in [0.2, 0.25) is 0 Å². The Labute approximate surface area is 116 Å². The van der Waals surface area contributed by atoms with Crippen LogP contribution < -0.4 is 10.5 Å². The molecule has 1 heterocycles. The fraction of sp³-hybridized carbons (Fsp3) is 0.267. The van der Waals surface area contributed by atoms with Crippen LogP contribution in [-0.4, -0.2) is 12.1 Å². The lowest BCUT2D eigenvalue weighted by Gasteiger charge is -2.24. The quantitative estimate of drug-likeness (QED) is 0.935. The van der Waals surface area contributed by atoms with E-state index < -0.39 is 17.2 Å². The minimum absolute atomic E-state index is 0.172. The maximum Gasteiger partial charge on any atom is 0.168 e. The molecule has 0 radical (unpaired) electrons. The van der Waals surface area contributed by atoms with Gasteiger partial charge >= 0.3 is 0 Å². The summed E-state index contributed by atoms with van der Waals surface area (Å²) in [7, 11) is 1.41. The predicted molar refractivity (Wildman–Crippen MR) is 72.4 cm³/mol. The molecule has 2 N–H and O–H groups in total. The van der Waals surface area contributed by atoms with Crippen molar-refractivity contribution in [2.45, 2.75) is 18.9 Å². The molecule has 1 aromatic carbocycles. The summed E-state index contributed by atoms with van der Waals surface area (Å²) in [5.74, 6) is -0.698. The molecule has 2 aromatic rings. The minimum Gasteiger partial charge on any atom is -0.494 e. The van der Waals surface area contributed by atoms with Crippen molar-refractivity contribution in [3.63, 3.8) is 0 Å². The van der Waals surface area contributed by atoms with E-state index in [0.29, 0.717) is 11.3 Å². The fourth-order valence-electron chi connectivity index (χ4n) is 2.05. The number of benzene rings is 1. The molecule has 0 spiro atoms. The predicted octanol–water partition coefficient (Wildman–Crippen LogP) is 2.79. The van der Waals surface area contributed by atoms with Crippen LogP contribution in [0.25, 0.3) is 0 Å². The lowest BCUT2D eigenvalue weighted by Crippen LogP contribution is -2.36. The largest absolute Gasteiger partial charge is 0.494 e. The van der Waals surface area contributed by atoms with E-state index in [0.717, 1.165) is 6.20 Å². The van der Waals surface area contributed by atoms with E-state index in [4.69, 9.17) is 10.5 Å². The van der Waals surface area contributed by atoms with Crippen LogP contribution in [0.1, 0.15) is 18.2 Å². The number of ether oxygens (including phenoxy) is 1. The van der Waals surface area contributed by atoms with Crippen LogP contribution in [0.5, 0.6) is 5.75 Å². The van der Waals surface area contributed by atoms with E-state index >= 15 is 0 Å². The normalized spacial score (nSPS) is 13.8. The molecule has 0 amide bonds. The second-order valence-electron chi connectivity index (χ2n) is 4.89. The van der Waals surface area contributed by atoms with Crippen LogP contribution in [0.15, 0.2) is 36.5 Å². The molecule has 3 nitrogen and oxygen atoms in total. The van der Waals surface area contributed by atoms with E-state index in [-0.39, 0.29) is 12.2 Å². The molecule has 0 aliphatic rings. The second kappa shape index (κ2) is 5.54. The second-order valence-corrected chi connectivity index (χ2v) is 4.89. The first-order valence-corrected chi connectivity index (χ1v) is 6.16. The Bertz CT molecular complexity index is 597. The van der Waals surface area contributed by atoms with Gasteiger partial charge in [0.2, 0.25) is 0 Å². The van der Waals surface area contributed by atoms with Crippen molar-refractivity contribution in [3.05, 3.63) is 59.4 Å². The molecule has 0 saturated heterocycles. The van der Waals surface area contributed by atoms with Gasteiger partial charge in [0.15, 0.2) is 11.6 Å². The Morgan fingerprint density at radius 1 is 1.25 bits per heavy atom. The van der Waals surface area contributed by atoms with E-state index in [1.165, 1.54) is 19.2 Å². The van der Waals surface area contributed by atoms with Crippen LogP contribution >= 0.6 is 0 Å². The molecule has 0 saturated carbocycles. The van der Waals surface area contributed by atoms with Gasteiger partial charge in [-0.2, -0.15) is 0 Å². The lowest BCUT2D eigenvalue weighted by molar-refractivity contribution is 0.379. The molecule has 0 bridgehead atoms. The van der Waals surface area contributed by atoms with Gasteiger partial charge in [-0.05, 0) is 37.1 Å². The molecule has 20 heavy (non-hydrogen) atoms. The molecule has 0 fully saturated rings. The van der Waals surface area contributed by atoms with Crippen molar-refractivity contribution in [3.8, 4) is 5.75 Å². The van der Waals surface area contributed by atoms with Gasteiger partial charge in [-0.1, -0.05) is 12.1 Å². The highest BCUT2D eigenvalue weighted by molar-refractivity contribution is 5.33. The van der Waals surface area contributed by atoms with Crippen molar-refractivity contribution < 1.29 is 13.5 Å². The molecular weight excluding hydrogens is 262 g/mol. The first kappa shape index (κ1) is 14.4. The number of methoxy groups -OCH3 is 1. The first-order chi connectivity index (χ1) is 9.44. The highest BCUT2D eigenvalue weighted by Crippen LogP contribution is 2.26. The van der Waals surface area contributed by atoms with E-state index in [9.17, 15) is 8.78 Å². The Kier molecular flexibility index (Phi) is 3.99. The van der Waals surface area contributed by atoms with Gasteiger partial charge in [0, 0.05) is 0 Å². The van der Waals surface area contributed by atoms with Crippen LogP contribution in [0.4, 0.5) is 8.78 Å². The SMILES string of the molecule is COc1cccc(CC(C)(N)c2ccc(F)cn2)c1F. The molecule has 0 aliphatic heterocycles. The summed E-state index contributed by atoms with van der Waals surface area (Å²) in [5, 5.41) is 0. The van der Waals surface area contributed by atoms with Gasteiger partial charge in [-0.15, -0.1) is 0 Å². The summed E-state index contributed by atoms with van der Waals surface area (Å²) in [5.41, 5.74) is 6.22. The lowest BCUT2D eigenvalue weighted by atomic mass is 9.90. The third kappa shape index (κ3) is 2.93. The zero-order chi connectivity index (χ0) is 14.8. The molecular formula is C15H16F2N2O. The summed E-state index contributed by atoms with van der Waals surface area (Å²) >= 11 is 0. The molecule has 5 heteroatoms. The number of rotatable bonds is 4. The Morgan fingerprint density at radius 2 is 2.00 bits per heavy atom. The maximum absolute atomic E-state index is 14.1. The minimum atomic E-state index is -0.902. The van der Waals surface area contributed by atoms with E-state index in [2.05, 4.69) is 4.98 Å². The van der Waals surface area contributed by atoms with Crippen LogP contribution in [0, 0.1) is 11.6 Å². The molecule has 106 valence electrons. The third-order valence-electron chi connectivity index (χ3n) is 3.13. The van der Waals surface area contributed by atoms with Crippen molar-refractivity contribution in [2.75, 3.05) is 7.11 Å². The molecule has 0 aliphatic carbocycles. The van der Waals surface area contributed by atoms with E-state index in [1.807, 2.05) is 0 Å². The van der Waals surface area contributed by atoms with Crippen LogP contribution in [-0.2, 0) is 12.0 Å². The highest BCUT2D eigenvalue weighted by atomic mass is 19.1. The first-order valence-electron chi connectivity index (χ1n) is 6.16. The van der Waals surface area contributed by atoms with Crippen molar-refractivity contribution in [1.29, 1.82) is 0 Å². The smallest absolute Gasteiger partial charge is 0.168 e. The number of hydrogen-bond acceptors (Lipinski definition) is 3. The van der Waals surface area contributed by atoms with Gasteiger partial charge in [0.25, 0.3) is 0 Å². The number of halogens is 2. The number of nitrogens with zero attached hydrogens (tertiary/aromatic N) is 1. The molecule has 1 aromatic heterocycles. The summed E-state index contributed by atoms with van der Waals surface area (Å²) in [6, 6.07) is 7.68. The van der Waals surface area contributed by atoms with Gasteiger partial charge in [-0.3, -0.25) is 4.98 Å². The summed E-state index contributed by atoms with van der Waals surface area (Å²) in [4.78, 5) is 3.96. The average Bonchev–Trinajstić information content (AvgIpc) is 2.41. The highest BCUT2D eigenvalue weighted by Gasteiger charge is 2.25. The monoisotopic (exact) mass is 278 g/mol. The fourth-order valence-corrected chi connectivity index (χ4v) is 2.05. The van der Waals surface area contributed by atoms with Crippen LogP contribution in [0.3, 0.4) is 0 Å². The Morgan fingerprint density at radius 3 is 2.60 bits per heavy atom. The third-order valence-corrected chi connectivity index (χ3v) is 3.13. The Balaban J connectivity index is 2.30. The molecule has 2 rings (SSSR count). The standard InChI is InChI=1S/C15H16F2N2O/c1-15(18,13-7-6-11(16)9-19-13)8-10-4-3-5-12(20-2)14(10)17/h3-7,9H,8,18H2,1-2H3. The maximum atomic E-state index is 14.1. The summed E-state index contributed by atoms with van der Waals surface area (Å²) < 4.78 is 31.9. The van der Waals surface area contributed by atoms with E-state index in [1.54, 1.807) is 25.1 Å². The zero-order valence-electron chi connectivity index (χ0n) is 11.4. The van der Waals surface area contributed by atoms with Gasteiger partial charge in [0.05, 0.1) is 24.5 Å². The molecule has 1 unspecified atom stereocenters. The van der Waals surface area contributed by atoms with Crippen molar-refractivity contribution >= 4 is 0 Å².